The van der Waals surface area contributed by atoms with Crippen LogP contribution in [0.3, 0.4) is 0 Å². The molecule has 0 aliphatic rings. The minimum Gasteiger partial charge on any atom is -0.309 e. The van der Waals surface area contributed by atoms with E-state index < -0.39 is 0 Å². The van der Waals surface area contributed by atoms with Gasteiger partial charge in [0, 0.05) is 73.5 Å². The van der Waals surface area contributed by atoms with Gasteiger partial charge in [0.1, 0.15) is 0 Å². The molecular formula is C57H34N4S2. The Morgan fingerprint density at radius 1 is 0.302 bits per heavy atom. The summed E-state index contributed by atoms with van der Waals surface area (Å²) in [5.74, 6) is 1.95. The lowest BCUT2D eigenvalue weighted by Crippen LogP contribution is -2.01. The minimum absolute atomic E-state index is 0.646. The molecule has 0 aliphatic carbocycles. The van der Waals surface area contributed by atoms with E-state index in [0.29, 0.717) is 17.5 Å². The third-order valence-electron chi connectivity index (χ3n) is 12.3. The fourth-order valence-corrected chi connectivity index (χ4v) is 11.7. The van der Waals surface area contributed by atoms with Crippen LogP contribution in [-0.4, -0.2) is 19.5 Å². The van der Waals surface area contributed by atoms with Crippen molar-refractivity contribution in [2.75, 3.05) is 0 Å². The van der Waals surface area contributed by atoms with E-state index >= 15 is 0 Å². The van der Waals surface area contributed by atoms with Gasteiger partial charge < -0.3 is 4.57 Å². The van der Waals surface area contributed by atoms with Crippen LogP contribution in [0.5, 0.6) is 0 Å². The molecule has 0 amide bonds. The summed E-state index contributed by atoms with van der Waals surface area (Å²) in [4.78, 5) is 15.9. The molecule has 0 atom stereocenters. The zero-order valence-corrected chi connectivity index (χ0v) is 35.4. The fourth-order valence-electron chi connectivity index (χ4n) is 9.44. The highest BCUT2D eigenvalue weighted by Crippen LogP contribution is 2.45. The van der Waals surface area contributed by atoms with Crippen molar-refractivity contribution in [3.8, 4) is 62.1 Å². The maximum absolute atomic E-state index is 5.38. The molecule has 4 nitrogen and oxygen atoms in total. The number of hydrogen-bond donors (Lipinski definition) is 0. The second kappa shape index (κ2) is 14.4. The summed E-state index contributed by atoms with van der Waals surface area (Å²) < 4.78 is 7.33. The Balaban J connectivity index is 0.969. The molecule has 0 N–H and O–H groups in total. The number of aromatic nitrogens is 4. The first-order valence-corrected chi connectivity index (χ1v) is 22.7. The average Bonchev–Trinajstić information content (AvgIpc) is 4.03. The van der Waals surface area contributed by atoms with Crippen molar-refractivity contribution >= 4 is 84.8 Å². The molecule has 0 radical (unpaired) electrons. The van der Waals surface area contributed by atoms with Gasteiger partial charge in [-0.15, -0.1) is 22.7 Å². The number of fused-ring (bicyclic) bond motifs is 9. The monoisotopic (exact) mass is 838 g/mol. The zero-order valence-electron chi connectivity index (χ0n) is 33.7. The predicted octanol–water partition coefficient (Wildman–Crippen LogP) is 16.0. The summed E-state index contributed by atoms with van der Waals surface area (Å²) in [7, 11) is 0. The Labute approximate surface area is 370 Å². The van der Waals surface area contributed by atoms with Gasteiger partial charge in [-0.1, -0.05) is 152 Å². The summed E-state index contributed by atoms with van der Waals surface area (Å²) in [5.41, 5.74) is 11.1. The molecule has 0 aliphatic heterocycles. The van der Waals surface area contributed by atoms with Crippen molar-refractivity contribution in [1.82, 2.24) is 19.5 Å². The molecule has 9 aromatic carbocycles. The molecule has 13 aromatic rings. The van der Waals surface area contributed by atoms with Gasteiger partial charge in [0.05, 0.1) is 11.0 Å². The second-order valence-corrected chi connectivity index (χ2v) is 18.1. The lowest BCUT2D eigenvalue weighted by atomic mass is 9.95. The van der Waals surface area contributed by atoms with E-state index in [-0.39, 0.29) is 0 Å². The molecule has 6 heteroatoms. The van der Waals surface area contributed by atoms with E-state index in [1.54, 1.807) is 0 Å². The first-order chi connectivity index (χ1) is 31.2. The van der Waals surface area contributed by atoms with Gasteiger partial charge in [-0.3, -0.25) is 0 Å². The molecule has 0 saturated heterocycles. The van der Waals surface area contributed by atoms with Gasteiger partial charge in [0.25, 0.3) is 0 Å². The van der Waals surface area contributed by atoms with Gasteiger partial charge in [-0.05, 0) is 76.9 Å². The van der Waals surface area contributed by atoms with E-state index in [4.69, 9.17) is 15.0 Å². The van der Waals surface area contributed by atoms with Crippen LogP contribution in [0.15, 0.2) is 206 Å². The molecular weight excluding hydrogens is 805 g/mol. The normalized spacial score (nSPS) is 11.8. The Morgan fingerprint density at radius 3 is 1.67 bits per heavy atom. The lowest BCUT2D eigenvalue weighted by molar-refractivity contribution is 1.08. The number of para-hydroxylation sites is 2. The van der Waals surface area contributed by atoms with E-state index in [1.165, 1.54) is 73.5 Å². The Bertz CT molecular complexity index is 3920. The van der Waals surface area contributed by atoms with E-state index in [9.17, 15) is 0 Å². The summed E-state index contributed by atoms with van der Waals surface area (Å²) >= 11 is 3.65. The maximum Gasteiger partial charge on any atom is 0.164 e. The van der Waals surface area contributed by atoms with Crippen LogP contribution in [0, 0.1) is 0 Å². The molecule has 63 heavy (non-hydrogen) atoms. The van der Waals surface area contributed by atoms with Crippen molar-refractivity contribution in [3.05, 3.63) is 206 Å². The van der Waals surface area contributed by atoms with Gasteiger partial charge in [-0.2, -0.15) is 0 Å². The smallest absolute Gasteiger partial charge is 0.164 e. The molecule has 4 heterocycles. The number of nitrogens with zero attached hydrogens (tertiary/aromatic N) is 4. The van der Waals surface area contributed by atoms with Gasteiger partial charge >= 0.3 is 0 Å². The van der Waals surface area contributed by atoms with Crippen molar-refractivity contribution < 1.29 is 0 Å². The van der Waals surface area contributed by atoms with Crippen LogP contribution >= 0.6 is 22.7 Å². The van der Waals surface area contributed by atoms with Crippen LogP contribution in [-0.2, 0) is 0 Å². The average molecular weight is 839 g/mol. The maximum atomic E-state index is 5.38. The highest BCUT2D eigenvalue weighted by Gasteiger charge is 2.21. The van der Waals surface area contributed by atoms with Crippen molar-refractivity contribution in [2.45, 2.75) is 0 Å². The molecule has 0 fully saturated rings. The van der Waals surface area contributed by atoms with Crippen molar-refractivity contribution in [1.29, 1.82) is 0 Å². The lowest BCUT2D eigenvalue weighted by Gasteiger charge is -2.13. The summed E-state index contributed by atoms with van der Waals surface area (Å²) in [6.07, 6.45) is 0. The fraction of sp³-hybridized carbons (Fsp3) is 0. The summed E-state index contributed by atoms with van der Waals surface area (Å²) in [6, 6.07) is 73.7. The first kappa shape index (κ1) is 35.9. The molecule has 294 valence electrons. The molecule has 0 unspecified atom stereocenters. The van der Waals surface area contributed by atoms with E-state index in [1.807, 2.05) is 40.9 Å². The van der Waals surface area contributed by atoms with E-state index in [2.05, 4.69) is 193 Å². The predicted molar refractivity (Wildman–Crippen MR) is 267 cm³/mol. The SMILES string of the molecule is c1ccc(-c2nc(-c3ccccc3-c3cccc4sc5ccccc5c34)nc(-c3cccc4sc5cc(-c6ccc7c(c6)c6ccccc6n7-c6ccccc6)ccc5c34)n2)cc1. The number of rotatable bonds is 6. The summed E-state index contributed by atoms with van der Waals surface area (Å²) in [6.45, 7) is 0. The van der Waals surface area contributed by atoms with Gasteiger partial charge in [0.15, 0.2) is 17.5 Å². The van der Waals surface area contributed by atoms with Crippen LogP contribution < -0.4 is 0 Å². The number of hydrogen-bond acceptors (Lipinski definition) is 5. The largest absolute Gasteiger partial charge is 0.309 e. The minimum atomic E-state index is 0.646. The number of benzene rings is 9. The standard InChI is InChI=1S/C57H34N4S2/c1-3-15-35(16-4-1)55-58-56(42-21-8-7-19-39(42)41-23-13-27-50-53(41)43-22-10-12-26-49(43)62-50)60-57(59-55)45-24-14-28-51-54(45)44-31-29-37(34-52(44)63-51)36-30-32-48-46(33-36)40-20-9-11-25-47(40)61(48)38-17-5-2-6-18-38/h1-34H. The van der Waals surface area contributed by atoms with E-state index in [0.717, 1.165) is 33.3 Å². The highest BCUT2D eigenvalue weighted by atomic mass is 32.1. The molecule has 13 rings (SSSR count). The van der Waals surface area contributed by atoms with Crippen LogP contribution in [0.4, 0.5) is 0 Å². The Hall–Kier alpha value is -7.77. The topological polar surface area (TPSA) is 43.6 Å². The molecule has 0 spiro atoms. The molecule has 0 bridgehead atoms. The van der Waals surface area contributed by atoms with Crippen LogP contribution in [0.25, 0.3) is 124 Å². The second-order valence-electron chi connectivity index (χ2n) is 15.9. The van der Waals surface area contributed by atoms with Gasteiger partial charge in [-0.25, -0.2) is 15.0 Å². The van der Waals surface area contributed by atoms with Gasteiger partial charge in [0.2, 0.25) is 0 Å². The third kappa shape index (κ3) is 5.83. The molecule has 4 aromatic heterocycles. The van der Waals surface area contributed by atoms with Crippen molar-refractivity contribution in [3.63, 3.8) is 0 Å². The zero-order chi connectivity index (χ0) is 41.4. The number of thiophene rings is 2. The highest BCUT2D eigenvalue weighted by molar-refractivity contribution is 7.26. The van der Waals surface area contributed by atoms with Crippen LogP contribution in [0.2, 0.25) is 0 Å². The molecule has 0 saturated carbocycles. The first-order valence-electron chi connectivity index (χ1n) is 21.1. The third-order valence-corrected chi connectivity index (χ3v) is 14.5. The Kier molecular flexibility index (Phi) is 8.22. The van der Waals surface area contributed by atoms with Crippen LogP contribution in [0.1, 0.15) is 0 Å². The van der Waals surface area contributed by atoms with Crippen molar-refractivity contribution in [2.24, 2.45) is 0 Å². The Morgan fingerprint density at radius 2 is 0.841 bits per heavy atom. The quantitative estimate of drug-likeness (QED) is 0.168. The summed E-state index contributed by atoms with van der Waals surface area (Å²) in [5, 5.41) is 7.36.